The highest BCUT2D eigenvalue weighted by atomic mass is 32.2. The molecule has 0 radical (unpaired) electrons. The van der Waals surface area contributed by atoms with Gasteiger partial charge in [-0.15, -0.1) is 0 Å². The van der Waals surface area contributed by atoms with Crippen LogP contribution in [0.2, 0.25) is 0 Å². The molecule has 1 fully saturated rings. The fourth-order valence-corrected chi connectivity index (χ4v) is 3.36. The zero-order valence-electron chi connectivity index (χ0n) is 10.6. The Morgan fingerprint density at radius 3 is 3.12 bits per heavy atom. The molecule has 1 N–H and O–H groups in total. The van der Waals surface area contributed by atoms with Crippen LogP contribution in [0.4, 0.5) is 0 Å². The van der Waals surface area contributed by atoms with E-state index in [0.717, 1.165) is 17.5 Å². The van der Waals surface area contributed by atoms with Gasteiger partial charge in [-0.05, 0) is 43.2 Å². The molecule has 1 aromatic rings. The second kappa shape index (κ2) is 6.31. The molecule has 2 nitrogen and oxygen atoms in total. The number of benzene rings is 1. The van der Waals surface area contributed by atoms with Gasteiger partial charge in [0.25, 0.3) is 0 Å². The summed E-state index contributed by atoms with van der Waals surface area (Å²) in [4.78, 5) is 0. The molecule has 0 bridgehead atoms. The first-order chi connectivity index (χ1) is 8.29. The van der Waals surface area contributed by atoms with E-state index < -0.39 is 0 Å². The molecule has 0 aliphatic carbocycles. The number of thioether (sulfide) groups is 1. The molecular formula is C14H21NOS. The van der Waals surface area contributed by atoms with Crippen molar-refractivity contribution in [2.45, 2.75) is 31.1 Å². The Hall–Kier alpha value is -0.670. The lowest BCUT2D eigenvalue weighted by atomic mass is 10.1. The van der Waals surface area contributed by atoms with Crippen molar-refractivity contribution in [3.8, 4) is 5.75 Å². The molecule has 1 aromatic carbocycles. The highest BCUT2D eigenvalue weighted by Gasteiger charge is 2.16. The summed E-state index contributed by atoms with van der Waals surface area (Å²) in [5.74, 6) is 2.27. The van der Waals surface area contributed by atoms with Crippen molar-refractivity contribution >= 4 is 11.8 Å². The molecule has 94 valence electrons. The van der Waals surface area contributed by atoms with Gasteiger partial charge in [0.2, 0.25) is 0 Å². The molecular weight excluding hydrogens is 230 g/mol. The molecule has 0 spiro atoms. The SMILES string of the molecule is COc1cccc(C(C)NCC2CCCS2)c1. The standard InChI is InChI=1S/C14H21NOS/c1-11(15-10-14-7-4-8-17-14)12-5-3-6-13(9-12)16-2/h3,5-6,9,11,14-15H,4,7-8,10H2,1-2H3. The minimum atomic E-state index is 0.395. The average Bonchev–Trinajstić information content (AvgIpc) is 2.89. The minimum Gasteiger partial charge on any atom is -0.497 e. The highest BCUT2D eigenvalue weighted by molar-refractivity contribution is 8.00. The van der Waals surface area contributed by atoms with Crippen LogP contribution in [0, 0.1) is 0 Å². The average molecular weight is 251 g/mol. The summed E-state index contributed by atoms with van der Waals surface area (Å²) in [5.41, 5.74) is 1.30. The van der Waals surface area contributed by atoms with Crippen molar-refractivity contribution in [1.29, 1.82) is 0 Å². The van der Waals surface area contributed by atoms with Crippen LogP contribution < -0.4 is 10.1 Å². The molecule has 1 aliphatic heterocycles. The van der Waals surface area contributed by atoms with E-state index in [0.29, 0.717) is 6.04 Å². The molecule has 0 aromatic heterocycles. The third-order valence-electron chi connectivity index (χ3n) is 3.27. The normalized spacial score (nSPS) is 21.4. The van der Waals surface area contributed by atoms with Crippen molar-refractivity contribution < 1.29 is 4.74 Å². The Labute approximate surface area is 108 Å². The predicted octanol–water partition coefficient (Wildman–Crippen LogP) is 3.24. The first-order valence-electron chi connectivity index (χ1n) is 6.28. The lowest BCUT2D eigenvalue weighted by Crippen LogP contribution is -2.26. The van der Waals surface area contributed by atoms with Gasteiger partial charge in [0, 0.05) is 17.8 Å². The van der Waals surface area contributed by atoms with Gasteiger partial charge >= 0.3 is 0 Å². The molecule has 0 amide bonds. The third-order valence-corrected chi connectivity index (χ3v) is 4.67. The summed E-state index contributed by atoms with van der Waals surface area (Å²) in [6.07, 6.45) is 2.74. The minimum absolute atomic E-state index is 0.395. The maximum Gasteiger partial charge on any atom is 0.119 e. The van der Waals surface area contributed by atoms with Gasteiger partial charge in [-0.3, -0.25) is 0 Å². The van der Waals surface area contributed by atoms with Crippen LogP contribution in [-0.2, 0) is 0 Å². The quantitative estimate of drug-likeness (QED) is 0.868. The van der Waals surface area contributed by atoms with Crippen molar-refractivity contribution in [1.82, 2.24) is 5.32 Å². The number of nitrogens with one attached hydrogen (secondary N) is 1. The van der Waals surface area contributed by atoms with Gasteiger partial charge in [0.15, 0.2) is 0 Å². The van der Waals surface area contributed by atoms with Crippen molar-refractivity contribution in [3.05, 3.63) is 29.8 Å². The Kier molecular flexibility index (Phi) is 4.75. The Morgan fingerprint density at radius 2 is 2.41 bits per heavy atom. The fourth-order valence-electron chi connectivity index (χ4n) is 2.14. The van der Waals surface area contributed by atoms with Crippen LogP contribution in [0.15, 0.2) is 24.3 Å². The molecule has 2 rings (SSSR count). The van der Waals surface area contributed by atoms with E-state index in [4.69, 9.17) is 4.74 Å². The first kappa shape index (κ1) is 12.8. The fraction of sp³-hybridized carbons (Fsp3) is 0.571. The van der Waals surface area contributed by atoms with Crippen LogP contribution in [0.5, 0.6) is 5.75 Å². The molecule has 1 heterocycles. The van der Waals surface area contributed by atoms with Crippen LogP contribution in [0.1, 0.15) is 31.4 Å². The van der Waals surface area contributed by atoms with Gasteiger partial charge in [0.05, 0.1) is 7.11 Å². The lowest BCUT2D eigenvalue weighted by molar-refractivity contribution is 0.413. The van der Waals surface area contributed by atoms with Gasteiger partial charge < -0.3 is 10.1 Å². The number of rotatable bonds is 5. The van der Waals surface area contributed by atoms with Crippen LogP contribution in [0.25, 0.3) is 0 Å². The number of methoxy groups -OCH3 is 1. The first-order valence-corrected chi connectivity index (χ1v) is 7.33. The monoisotopic (exact) mass is 251 g/mol. The van der Waals surface area contributed by atoms with Gasteiger partial charge in [-0.25, -0.2) is 0 Å². The van der Waals surface area contributed by atoms with Gasteiger partial charge in [-0.1, -0.05) is 12.1 Å². The van der Waals surface area contributed by atoms with E-state index in [2.05, 4.69) is 42.2 Å². The second-order valence-corrected chi connectivity index (χ2v) is 5.95. The second-order valence-electron chi connectivity index (χ2n) is 4.54. The number of ether oxygens (including phenoxy) is 1. The van der Waals surface area contributed by atoms with E-state index in [1.54, 1.807) is 7.11 Å². The van der Waals surface area contributed by atoms with E-state index >= 15 is 0 Å². The van der Waals surface area contributed by atoms with E-state index in [-0.39, 0.29) is 0 Å². The van der Waals surface area contributed by atoms with Crippen LogP contribution in [-0.4, -0.2) is 24.7 Å². The zero-order chi connectivity index (χ0) is 12.1. The Bertz CT molecular complexity index is 350. The molecule has 3 heteroatoms. The highest BCUT2D eigenvalue weighted by Crippen LogP contribution is 2.26. The Balaban J connectivity index is 1.87. The smallest absolute Gasteiger partial charge is 0.119 e. The zero-order valence-corrected chi connectivity index (χ0v) is 11.4. The molecule has 2 atom stereocenters. The van der Waals surface area contributed by atoms with Crippen molar-refractivity contribution in [3.63, 3.8) is 0 Å². The van der Waals surface area contributed by atoms with Crippen LogP contribution in [0.3, 0.4) is 0 Å². The van der Waals surface area contributed by atoms with E-state index in [1.165, 1.54) is 24.2 Å². The number of hydrogen-bond donors (Lipinski definition) is 1. The predicted molar refractivity (Wildman–Crippen MR) is 74.9 cm³/mol. The molecule has 0 saturated carbocycles. The summed E-state index contributed by atoms with van der Waals surface area (Å²) < 4.78 is 5.25. The maximum absolute atomic E-state index is 5.25. The van der Waals surface area contributed by atoms with Gasteiger partial charge in [0.1, 0.15) is 5.75 Å². The summed E-state index contributed by atoms with van der Waals surface area (Å²) in [6, 6.07) is 8.70. The summed E-state index contributed by atoms with van der Waals surface area (Å²) in [6.45, 7) is 3.33. The van der Waals surface area contributed by atoms with Crippen LogP contribution >= 0.6 is 11.8 Å². The summed E-state index contributed by atoms with van der Waals surface area (Å²) in [7, 11) is 1.71. The molecule has 2 unspecified atom stereocenters. The third kappa shape index (κ3) is 3.65. The molecule has 17 heavy (non-hydrogen) atoms. The van der Waals surface area contributed by atoms with Crippen molar-refractivity contribution in [2.24, 2.45) is 0 Å². The maximum atomic E-state index is 5.25. The van der Waals surface area contributed by atoms with E-state index in [1.807, 2.05) is 6.07 Å². The summed E-state index contributed by atoms with van der Waals surface area (Å²) in [5, 5.41) is 4.42. The Morgan fingerprint density at radius 1 is 1.53 bits per heavy atom. The van der Waals surface area contributed by atoms with Crippen molar-refractivity contribution in [2.75, 3.05) is 19.4 Å². The largest absolute Gasteiger partial charge is 0.497 e. The lowest BCUT2D eigenvalue weighted by Gasteiger charge is -2.17. The van der Waals surface area contributed by atoms with E-state index in [9.17, 15) is 0 Å². The number of hydrogen-bond acceptors (Lipinski definition) is 3. The molecule has 1 aliphatic rings. The van der Waals surface area contributed by atoms with Gasteiger partial charge in [-0.2, -0.15) is 11.8 Å². The molecule has 1 saturated heterocycles. The summed E-state index contributed by atoms with van der Waals surface area (Å²) >= 11 is 2.10. The topological polar surface area (TPSA) is 21.3 Å².